The first-order valence-electron chi connectivity index (χ1n) is 5.17. The summed E-state index contributed by atoms with van der Waals surface area (Å²) in [5.41, 5.74) is -0.447. The number of rotatable bonds is 3. The zero-order valence-corrected chi connectivity index (χ0v) is 11.1. The average Bonchev–Trinajstić information content (AvgIpc) is 2.39. The summed E-state index contributed by atoms with van der Waals surface area (Å²) in [4.78, 5) is 9.79. The molecule has 0 aliphatic heterocycles. The van der Waals surface area contributed by atoms with Crippen molar-refractivity contribution in [1.29, 1.82) is 0 Å². The van der Waals surface area contributed by atoms with E-state index in [9.17, 15) is 18.5 Å². The Kier molecular flexibility index (Phi) is 3.55. The fourth-order valence-electron chi connectivity index (χ4n) is 1.58. The Morgan fingerprint density at radius 3 is 2.16 bits per heavy atom. The van der Waals surface area contributed by atoms with Gasteiger partial charge in [-0.3, -0.25) is 10.1 Å². The fourth-order valence-corrected chi connectivity index (χ4v) is 3.13. The van der Waals surface area contributed by atoms with Crippen molar-refractivity contribution >= 4 is 27.1 Å². The normalized spacial score (nSPS) is 11.2. The quantitative estimate of drug-likeness (QED) is 0.644. The Morgan fingerprint density at radius 2 is 1.58 bits per heavy atom. The minimum Gasteiger partial charge on any atom is -0.258 e. The summed E-state index contributed by atoms with van der Waals surface area (Å²) >= 11 is 5.69. The van der Waals surface area contributed by atoms with Gasteiger partial charge in [-0.25, -0.2) is 8.42 Å². The van der Waals surface area contributed by atoms with E-state index in [1.54, 1.807) is 0 Å². The summed E-state index contributed by atoms with van der Waals surface area (Å²) in [5, 5.41) is 11.3. The van der Waals surface area contributed by atoms with Crippen molar-refractivity contribution in [1.82, 2.24) is 0 Å². The lowest BCUT2D eigenvalue weighted by Gasteiger charge is -2.05. The standard InChI is InChI=1S/C12H8ClNO4S/c13-9-5-7-10(8-6-9)19(17,18)12-4-2-1-3-11(12)14(15)16/h1-8H. The molecular formula is C12H8ClNO4S. The molecule has 0 unspecified atom stereocenters. The van der Waals surface area contributed by atoms with Crippen LogP contribution in [-0.2, 0) is 9.84 Å². The maximum Gasteiger partial charge on any atom is 0.288 e. The number of nitrogens with zero attached hydrogens (tertiary/aromatic N) is 1. The Bertz CT molecular complexity index is 726. The molecule has 0 aliphatic rings. The van der Waals surface area contributed by atoms with E-state index in [2.05, 4.69) is 0 Å². The molecule has 0 saturated carbocycles. The minimum atomic E-state index is -3.93. The molecule has 5 nitrogen and oxygen atoms in total. The lowest BCUT2D eigenvalue weighted by molar-refractivity contribution is -0.387. The van der Waals surface area contributed by atoms with Gasteiger partial charge in [0.05, 0.1) is 9.82 Å². The molecule has 0 atom stereocenters. The fraction of sp³-hybridized carbons (Fsp3) is 0. The second-order valence-corrected chi connectivity index (χ2v) is 6.04. The van der Waals surface area contributed by atoms with Gasteiger partial charge in [-0.1, -0.05) is 23.7 Å². The number of benzene rings is 2. The maximum atomic E-state index is 12.3. The van der Waals surface area contributed by atoms with Gasteiger partial charge in [-0.2, -0.15) is 0 Å². The van der Waals surface area contributed by atoms with Gasteiger partial charge in [-0.15, -0.1) is 0 Å². The Labute approximate surface area is 114 Å². The molecule has 0 N–H and O–H groups in total. The van der Waals surface area contributed by atoms with Crippen LogP contribution in [0.2, 0.25) is 5.02 Å². The maximum absolute atomic E-state index is 12.3. The zero-order chi connectivity index (χ0) is 14.0. The molecular weight excluding hydrogens is 290 g/mol. The molecule has 98 valence electrons. The van der Waals surface area contributed by atoms with E-state index in [4.69, 9.17) is 11.6 Å². The molecule has 0 heterocycles. The van der Waals surface area contributed by atoms with E-state index < -0.39 is 20.4 Å². The third-order valence-electron chi connectivity index (χ3n) is 2.48. The summed E-state index contributed by atoms with van der Waals surface area (Å²) in [6.07, 6.45) is 0. The largest absolute Gasteiger partial charge is 0.288 e. The zero-order valence-electron chi connectivity index (χ0n) is 9.49. The number of nitro benzene ring substituents is 1. The van der Waals surface area contributed by atoms with Gasteiger partial charge < -0.3 is 0 Å². The van der Waals surface area contributed by atoms with Crippen molar-refractivity contribution in [3.8, 4) is 0 Å². The van der Waals surface area contributed by atoms with E-state index in [1.165, 1.54) is 42.5 Å². The van der Waals surface area contributed by atoms with Crippen LogP contribution in [0.15, 0.2) is 58.3 Å². The lowest BCUT2D eigenvalue weighted by Crippen LogP contribution is -2.05. The van der Waals surface area contributed by atoms with E-state index in [1.807, 2.05) is 0 Å². The lowest BCUT2D eigenvalue weighted by atomic mass is 10.3. The monoisotopic (exact) mass is 297 g/mol. The summed E-state index contributed by atoms with van der Waals surface area (Å²) in [6.45, 7) is 0. The molecule has 0 radical (unpaired) electrons. The van der Waals surface area contributed by atoms with Gasteiger partial charge >= 0.3 is 0 Å². The second-order valence-electron chi connectivity index (χ2n) is 3.68. The second kappa shape index (κ2) is 4.99. The van der Waals surface area contributed by atoms with Crippen LogP contribution in [0.5, 0.6) is 0 Å². The van der Waals surface area contributed by atoms with Crippen LogP contribution in [0, 0.1) is 10.1 Å². The summed E-state index contributed by atoms with van der Waals surface area (Å²) < 4.78 is 24.6. The predicted molar refractivity (Wildman–Crippen MR) is 70.0 cm³/mol. The summed E-state index contributed by atoms with van der Waals surface area (Å²) in [6, 6.07) is 10.7. The van der Waals surface area contributed by atoms with Crippen LogP contribution in [0.25, 0.3) is 0 Å². The molecule has 0 aliphatic carbocycles. The van der Waals surface area contributed by atoms with Gasteiger partial charge in [0.15, 0.2) is 0 Å². The number of hydrogen-bond acceptors (Lipinski definition) is 4. The molecule has 19 heavy (non-hydrogen) atoms. The van der Waals surface area contributed by atoms with Crippen molar-refractivity contribution in [2.75, 3.05) is 0 Å². The molecule has 2 aromatic carbocycles. The van der Waals surface area contributed by atoms with Crippen molar-refractivity contribution in [3.63, 3.8) is 0 Å². The van der Waals surface area contributed by atoms with E-state index in [0.717, 1.165) is 6.07 Å². The summed E-state index contributed by atoms with van der Waals surface area (Å²) in [5.74, 6) is 0. The first-order valence-corrected chi connectivity index (χ1v) is 7.03. The highest BCUT2D eigenvalue weighted by Gasteiger charge is 2.26. The number of para-hydroxylation sites is 1. The van der Waals surface area contributed by atoms with Gasteiger partial charge in [0.2, 0.25) is 9.84 Å². The highest BCUT2D eigenvalue weighted by Crippen LogP contribution is 2.29. The van der Waals surface area contributed by atoms with Crippen molar-refractivity contribution in [2.24, 2.45) is 0 Å². The molecule has 2 rings (SSSR count). The molecule has 0 amide bonds. The average molecular weight is 298 g/mol. The molecule has 0 fully saturated rings. The van der Waals surface area contributed by atoms with Crippen molar-refractivity contribution < 1.29 is 13.3 Å². The predicted octanol–water partition coefficient (Wildman–Crippen LogP) is 3.08. The van der Waals surface area contributed by atoms with E-state index >= 15 is 0 Å². The number of hydrogen-bond donors (Lipinski definition) is 0. The van der Waals surface area contributed by atoms with Crippen LogP contribution in [-0.4, -0.2) is 13.3 Å². The number of nitro groups is 1. The Hall–Kier alpha value is -1.92. The molecule has 7 heteroatoms. The summed E-state index contributed by atoms with van der Waals surface area (Å²) in [7, 11) is -3.93. The van der Waals surface area contributed by atoms with E-state index in [-0.39, 0.29) is 9.79 Å². The van der Waals surface area contributed by atoms with Gasteiger partial charge in [0.1, 0.15) is 4.90 Å². The highest BCUT2D eigenvalue weighted by molar-refractivity contribution is 7.91. The number of halogens is 1. The molecule has 0 bridgehead atoms. The Morgan fingerprint density at radius 1 is 1.00 bits per heavy atom. The smallest absolute Gasteiger partial charge is 0.258 e. The Balaban J connectivity index is 2.63. The third-order valence-corrected chi connectivity index (χ3v) is 4.54. The molecule has 0 aromatic heterocycles. The minimum absolute atomic E-state index is 0.0359. The van der Waals surface area contributed by atoms with Gasteiger partial charge in [0, 0.05) is 11.1 Å². The topological polar surface area (TPSA) is 77.3 Å². The third kappa shape index (κ3) is 2.59. The van der Waals surface area contributed by atoms with Crippen LogP contribution in [0.1, 0.15) is 0 Å². The van der Waals surface area contributed by atoms with Crippen LogP contribution < -0.4 is 0 Å². The van der Waals surface area contributed by atoms with Crippen LogP contribution >= 0.6 is 11.6 Å². The molecule has 0 saturated heterocycles. The van der Waals surface area contributed by atoms with Crippen LogP contribution in [0.3, 0.4) is 0 Å². The molecule has 0 spiro atoms. The van der Waals surface area contributed by atoms with Gasteiger partial charge in [0.25, 0.3) is 5.69 Å². The SMILES string of the molecule is O=[N+]([O-])c1ccccc1S(=O)(=O)c1ccc(Cl)cc1. The van der Waals surface area contributed by atoms with Crippen molar-refractivity contribution in [3.05, 3.63) is 63.7 Å². The van der Waals surface area contributed by atoms with Crippen LogP contribution in [0.4, 0.5) is 5.69 Å². The van der Waals surface area contributed by atoms with E-state index in [0.29, 0.717) is 5.02 Å². The first-order chi connectivity index (χ1) is 8.93. The highest BCUT2D eigenvalue weighted by atomic mass is 35.5. The first kappa shape index (κ1) is 13.5. The molecule has 2 aromatic rings. The van der Waals surface area contributed by atoms with Crippen molar-refractivity contribution in [2.45, 2.75) is 9.79 Å². The number of sulfone groups is 1. The van der Waals surface area contributed by atoms with Gasteiger partial charge in [-0.05, 0) is 30.3 Å².